The second kappa shape index (κ2) is 9.52. The van der Waals surface area contributed by atoms with Gasteiger partial charge in [0, 0.05) is 31.2 Å². The standard InChI is InChI=1S/C22H29N5O2/c1-26(2)15-20(28)27-12-10-17(11-13-27)19-9-8-18(21(23)25-19)22(29)24-14-16-6-4-3-5-7-16/h3-9,17H,10-15H2,1-2H3,(H2,23,25)(H,24,29). The lowest BCUT2D eigenvalue weighted by Gasteiger charge is -2.32. The third kappa shape index (κ3) is 5.54. The number of carbonyl (C=O) groups is 2. The number of hydrogen-bond donors (Lipinski definition) is 2. The molecule has 7 nitrogen and oxygen atoms in total. The number of nitrogens with two attached hydrogens (primary N) is 1. The number of piperidine rings is 1. The number of anilines is 1. The van der Waals surface area contributed by atoms with E-state index in [1.807, 2.05) is 60.3 Å². The number of rotatable bonds is 6. The predicted molar refractivity (Wildman–Crippen MR) is 113 cm³/mol. The van der Waals surface area contributed by atoms with Crippen LogP contribution in [0, 0.1) is 0 Å². The fourth-order valence-electron chi connectivity index (χ4n) is 3.58. The fraction of sp³-hybridized carbons (Fsp3) is 0.409. The molecule has 0 aliphatic carbocycles. The number of likely N-dealkylation sites (tertiary alicyclic amines) is 1. The maximum Gasteiger partial charge on any atom is 0.255 e. The second-order valence-corrected chi connectivity index (χ2v) is 7.73. The van der Waals surface area contributed by atoms with Crippen LogP contribution in [0.4, 0.5) is 5.82 Å². The highest BCUT2D eigenvalue weighted by atomic mass is 16.2. The summed E-state index contributed by atoms with van der Waals surface area (Å²) in [4.78, 5) is 32.9. The molecule has 3 N–H and O–H groups in total. The Labute approximate surface area is 171 Å². The number of nitrogens with zero attached hydrogens (tertiary/aromatic N) is 3. The largest absolute Gasteiger partial charge is 0.383 e. The lowest BCUT2D eigenvalue weighted by molar-refractivity contribution is -0.132. The smallest absolute Gasteiger partial charge is 0.255 e. The van der Waals surface area contributed by atoms with Gasteiger partial charge in [0.05, 0.1) is 12.1 Å². The van der Waals surface area contributed by atoms with Crippen molar-refractivity contribution in [3.63, 3.8) is 0 Å². The predicted octanol–water partition coefficient (Wildman–Crippen LogP) is 1.86. The molecule has 0 radical (unpaired) electrons. The van der Waals surface area contributed by atoms with Gasteiger partial charge in [-0.2, -0.15) is 0 Å². The molecule has 0 atom stereocenters. The van der Waals surface area contributed by atoms with Gasteiger partial charge in [-0.3, -0.25) is 9.59 Å². The molecule has 2 amide bonds. The van der Waals surface area contributed by atoms with E-state index in [2.05, 4.69) is 10.3 Å². The van der Waals surface area contributed by atoms with Crippen LogP contribution < -0.4 is 11.1 Å². The third-order valence-electron chi connectivity index (χ3n) is 5.20. The molecule has 0 spiro atoms. The van der Waals surface area contributed by atoms with Crippen LogP contribution in [0.2, 0.25) is 0 Å². The van der Waals surface area contributed by atoms with E-state index >= 15 is 0 Å². The highest BCUT2D eigenvalue weighted by Gasteiger charge is 2.25. The zero-order chi connectivity index (χ0) is 20.8. The van der Waals surface area contributed by atoms with Crippen LogP contribution in [0.25, 0.3) is 0 Å². The van der Waals surface area contributed by atoms with Gasteiger partial charge < -0.3 is 20.9 Å². The zero-order valence-electron chi connectivity index (χ0n) is 17.1. The summed E-state index contributed by atoms with van der Waals surface area (Å²) in [5.41, 5.74) is 8.40. The van der Waals surface area contributed by atoms with E-state index in [4.69, 9.17) is 5.73 Å². The third-order valence-corrected chi connectivity index (χ3v) is 5.20. The van der Waals surface area contributed by atoms with E-state index in [1.54, 1.807) is 6.07 Å². The molecule has 1 aromatic carbocycles. The number of amides is 2. The van der Waals surface area contributed by atoms with E-state index < -0.39 is 0 Å². The van der Waals surface area contributed by atoms with Gasteiger partial charge in [0.15, 0.2) is 0 Å². The Morgan fingerprint density at radius 1 is 1.14 bits per heavy atom. The molecule has 1 aromatic heterocycles. The minimum absolute atomic E-state index is 0.159. The Morgan fingerprint density at radius 3 is 2.45 bits per heavy atom. The van der Waals surface area contributed by atoms with Crippen molar-refractivity contribution < 1.29 is 9.59 Å². The van der Waals surface area contributed by atoms with Gasteiger partial charge in [-0.25, -0.2) is 4.98 Å². The quantitative estimate of drug-likeness (QED) is 0.779. The molecule has 1 aliphatic heterocycles. The summed E-state index contributed by atoms with van der Waals surface area (Å²) < 4.78 is 0. The molecule has 0 saturated carbocycles. The Bertz CT molecular complexity index is 846. The summed E-state index contributed by atoms with van der Waals surface area (Å²) in [5.74, 6) is 0.433. The SMILES string of the molecule is CN(C)CC(=O)N1CCC(c2ccc(C(=O)NCc3ccccc3)c(N)n2)CC1. The average molecular weight is 396 g/mol. The minimum Gasteiger partial charge on any atom is -0.383 e. The first kappa shape index (κ1) is 20.8. The van der Waals surface area contributed by atoms with E-state index in [9.17, 15) is 9.59 Å². The van der Waals surface area contributed by atoms with Crippen molar-refractivity contribution in [1.82, 2.24) is 20.1 Å². The van der Waals surface area contributed by atoms with Crippen LogP contribution in [-0.2, 0) is 11.3 Å². The van der Waals surface area contributed by atoms with Crippen molar-refractivity contribution in [3.05, 3.63) is 59.3 Å². The minimum atomic E-state index is -0.227. The maximum atomic E-state index is 12.5. The summed E-state index contributed by atoms with van der Waals surface area (Å²) in [6.45, 7) is 2.32. The molecule has 0 bridgehead atoms. The molecule has 3 rings (SSSR count). The van der Waals surface area contributed by atoms with Crippen molar-refractivity contribution >= 4 is 17.6 Å². The first-order chi connectivity index (χ1) is 13.9. The summed E-state index contributed by atoms with van der Waals surface area (Å²) in [6, 6.07) is 13.4. The van der Waals surface area contributed by atoms with E-state index in [0.717, 1.165) is 37.2 Å². The second-order valence-electron chi connectivity index (χ2n) is 7.73. The Kier molecular flexibility index (Phi) is 6.82. The molecule has 1 fully saturated rings. The van der Waals surface area contributed by atoms with Crippen molar-refractivity contribution in [2.75, 3.05) is 39.5 Å². The summed E-state index contributed by atoms with van der Waals surface area (Å²) in [6.07, 6.45) is 1.70. The van der Waals surface area contributed by atoms with Crippen molar-refractivity contribution in [2.45, 2.75) is 25.3 Å². The van der Waals surface area contributed by atoms with E-state index in [-0.39, 0.29) is 23.6 Å². The van der Waals surface area contributed by atoms with Crippen LogP contribution in [0.1, 0.15) is 40.4 Å². The molecule has 29 heavy (non-hydrogen) atoms. The molecular formula is C22H29N5O2. The number of benzene rings is 1. The Balaban J connectivity index is 1.57. The number of nitrogen functional groups attached to an aromatic ring is 1. The molecule has 2 heterocycles. The van der Waals surface area contributed by atoms with Gasteiger partial charge in [0.25, 0.3) is 5.91 Å². The number of carbonyl (C=O) groups excluding carboxylic acids is 2. The molecule has 7 heteroatoms. The van der Waals surface area contributed by atoms with Gasteiger partial charge in [0.2, 0.25) is 5.91 Å². The first-order valence-corrected chi connectivity index (χ1v) is 9.95. The molecule has 1 aliphatic rings. The zero-order valence-corrected chi connectivity index (χ0v) is 17.1. The highest BCUT2D eigenvalue weighted by Crippen LogP contribution is 2.28. The first-order valence-electron chi connectivity index (χ1n) is 9.95. The van der Waals surface area contributed by atoms with Crippen LogP contribution in [-0.4, -0.2) is 60.3 Å². The molecule has 1 saturated heterocycles. The Hall–Kier alpha value is -2.93. The van der Waals surface area contributed by atoms with E-state index in [0.29, 0.717) is 18.7 Å². The fourth-order valence-corrected chi connectivity index (χ4v) is 3.58. The monoisotopic (exact) mass is 395 g/mol. The van der Waals surface area contributed by atoms with Gasteiger partial charge in [-0.05, 0) is 44.6 Å². The lowest BCUT2D eigenvalue weighted by Crippen LogP contribution is -2.42. The van der Waals surface area contributed by atoms with Crippen LogP contribution in [0.15, 0.2) is 42.5 Å². The molecule has 0 unspecified atom stereocenters. The number of aromatic nitrogens is 1. The topological polar surface area (TPSA) is 91.6 Å². The van der Waals surface area contributed by atoms with Crippen molar-refractivity contribution in [2.24, 2.45) is 0 Å². The number of hydrogen-bond acceptors (Lipinski definition) is 5. The summed E-state index contributed by atoms with van der Waals surface area (Å²) in [5, 5.41) is 2.88. The number of pyridine rings is 1. The summed E-state index contributed by atoms with van der Waals surface area (Å²) in [7, 11) is 3.80. The summed E-state index contributed by atoms with van der Waals surface area (Å²) >= 11 is 0. The highest BCUT2D eigenvalue weighted by molar-refractivity contribution is 5.98. The van der Waals surface area contributed by atoms with Gasteiger partial charge >= 0.3 is 0 Å². The van der Waals surface area contributed by atoms with Crippen molar-refractivity contribution in [1.29, 1.82) is 0 Å². The Morgan fingerprint density at radius 2 is 1.83 bits per heavy atom. The average Bonchev–Trinajstić information content (AvgIpc) is 2.72. The number of likely N-dealkylation sites (N-methyl/N-ethyl adjacent to an activating group) is 1. The maximum absolute atomic E-state index is 12.5. The molecular weight excluding hydrogens is 366 g/mol. The normalized spacial score (nSPS) is 14.8. The lowest BCUT2D eigenvalue weighted by atomic mass is 9.92. The van der Waals surface area contributed by atoms with Crippen LogP contribution in [0.3, 0.4) is 0 Å². The number of nitrogens with one attached hydrogen (secondary N) is 1. The van der Waals surface area contributed by atoms with Gasteiger partial charge in [-0.15, -0.1) is 0 Å². The van der Waals surface area contributed by atoms with E-state index in [1.165, 1.54) is 0 Å². The molecule has 2 aromatic rings. The van der Waals surface area contributed by atoms with Gasteiger partial charge in [-0.1, -0.05) is 30.3 Å². The van der Waals surface area contributed by atoms with Crippen LogP contribution in [0.5, 0.6) is 0 Å². The van der Waals surface area contributed by atoms with Gasteiger partial charge in [0.1, 0.15) is 5.82 Å². The molecule has 154 valence electrons. The van der Waals surface area contributed by atoms with Crippen molar-refractivity contribution in [3.8, 4) is 0 Å². The van der Waals surface area contributed by atoms with Crippen LogP contribution >= 0.6 is 0 Å².